The minimum Gasteiger partial charge on any atom is -0.379 e. The molecule has 0 spiro atoms. The minimum atomic E-state index is 0.607. The first-order chi connectivity index (χ1) is 17.9. The van der Waals surface area contributed by atoms with Crippen LogP contribution in [0.2, 0.25) is 0 Å². The van der Waals surface area contributed by atoms with Crippen LogP contribution in [-0.2, 0) is 23.7 Å². The largest absolute Gasteiger partial charge is 0.379 e. The lowest BCUT2D eigenvalue weighted by atomic mass is 10.0. The Bertz CT molecular complexity index is 333. The molecule has 0 aromatic rings. The standard InChI is InChI=1S/C31H64O5/c1-3-5-7-9-10-11-12-13-14-15-16-17-19-21-23-33-25-27-35-29-31-36-30-28-34-26-24-32-22-20-18-8-6-4-2/h3-31H2,1-2H3. The molecule has 0 amide bonds. The molecule has 5 nitrogen and oxygen atoms in total. The third-order valence-corrected chi connectivity index (χ3v) is 6.52. The summed E-state index contributed by atoms with van der Waals surface area (Å²) >= 11 is 0. The number of ether oxygens (including phenoxy) is 5. The van der Waals surface area contributed by atoms with Gasteiger partial charge in [-0.1, -0.05) is 123 Å². The molecule has 0 saturated heterocycles. The smallest absolute Gasteiger partial charge is 0.0701 e. The molecule has 0 bridgehead atoms. The van der Waals surface area contributed by atoms with Crippen molar-refractivity contribution in [2.24, 2.45) is 0 Å². The first kappa shape index (κ1) is 35.8. The van der Waals surface area contributed by atoms with Crippen LogP contribution in [-0.4, -0.2) is 66.1 Å². The van der Waals surface area contributed by atoms with Gasteiger partial charge in [-0.2, -0.15) is 0 Å². The van der Waals surface area contributed by atoms with Crippen LogP contribution in [0.1, 0.15) is 136 Å². The highest BCUT2D eigenvalue weighted by atomic mass is 16.6. The van der Waals surface area contributed by atoms with Crippen molar-refractivity contribution in [2.45, 2.75) is 136 Å². The molecule has 0 unspecified atom stereocenters. The summed E-state index contributed by atoms with van der Waals surface area (Å²) in [6, 6.07) is 0. The molecule has 0 radical (unpaired) electrons. The van der Waals surface area contributed by atoms with Crippen molar-refractivity contribution in [1.29, 1.82) is 0 Å². The Morgan fingerprint density at radius 3 is 0.667 bits per heavy atom. The number of hydrogen-bond acceptors (Lipinski definition) is 5. The van der Waals surface area contributed by atoms with Gasteiger partial charge in [0.1, 0.15) is 0 Å². The average Bonchev–Trinajstić information content (AvgIpc) is 2.89. The molecule has 0 aromatic heterocycles. The maximum Gasteiger partial charge on any atom is 0.0701 e. The highest BCUT2D eigenvalue weighted by Gasteiger charge is 1.96. The Hall–Kier alpha value is -0.200. The Kier molecular flexibility index (Phi) is 34.6. The predicted octanol–water partition coefficient (Wildman–Crippen LogP) is 8.52. The van der Waals surface area contributed by atoms with Crippen LogP contribution < -0.4 is 0 Å². The summed E-state index contributed by atoms with van der Waals surface area (Å²) in [4.78, 5) is 0. The van der Waals surface area contributed by atoms with Gasteiger partial charge in [0.15, 0.2) is 0 Å². The Morgan fingerprint density at radius 2 is 0.417 bits per heavy atom. The molecule has 218 valence electrons. The minimum absolute atomic E-state index is 0.607. The molecular formula is C31H64O5. The van der Waals surface area contributed by atoms with Crippen molar-refractivity contribution in [3.63, 3.8) is 0 Å². The van der Waals surface area contributed by atoms with E-state index >= 15 is 0 Å². The fourth-order valence-corrected chi connectivity index (χ4v) is 4.19. The van der Waals surface area contributed by atoms with Crippen LogP contribution in [0.5, 0.6) is 0 Å². The predicted molar refractivity (Wildman–Crippen MR) is 153 cm³/mol. The van der Waals surface area contributed by atoms with Crippen molar-refractivity contribution >= 4 is 0 Å². The molecule has 0 fully saturated rings. The number of unbranched alkanes of at least 4 members (excludes halogenated alkanes) is 17. The SMILES string of the molecule is CCCCCCCCCCCCCCCCOCCOCCOCCOCCOCCCCCCC. The van der Waals surface area contributed by atoms with Gasteiger partial charge in [-0.3, -0.25) is 0 Å². The summed E-state index contributed by atoms with van der Waals surface area (Å²) in [5.41, 5.74) is 0. The second kappa shape index (κ2) is 34.8. The van der Waals surface area contributed by atoms with Crippen LogP contribution in [0.25, 0.3) is 0 Å². The van der Waals surface area contributed by atoms with Crippen LogP contribution in [0.15, 0.2) is 0 Å². The maximum absolute atomic E-state index is 5.67. The second-order valence-electron chi connectivity index (χ2n) is 10.1. The zero-order valence-electron chi connectivity index (χ0n) is 24.5. The van der Waals surface area contributed by atoms with Gasteiger partial charge in [0.05, 0.1) is 52.9 Å². The monoisotopic (exact) mass is 516 g/mol. The van der Waals surface area contributed by atoms with Crippen molar-refractivity contribution < 1.29 is 23.7 Å². The summed E-state index contributed by atoms with van der Waals surface area (Å²) in [6.45, 7) is 11.3. The van der Waals surface area contributed by atoms with E-state index in [2.05, 4.69) is 13.8 Å². The van der Waals surface area contributed by atoms with Gasteiger partial charge in [0, 0.05) is 13.2 Å². The van der Waals surface area contributed by atoms with Crippen molar-refractivity contribution in [3.05, 3.63) is 0 Å². The van der Waals surface area contributed by atoms with E-state index in [1.807, 2.05) is 0 Å². The van der Waals surface area contributed by atoms with Gasteiger partial charge >= 0.3 is 0 Å². The van der Waals surface area contributed by atoms with Gasteiger partial charge in [0.2, 0.25) is 0 Å². The fraction of sp³-hybridized carbons (Fsp3) is 1.00. The highest BCUT2D eigenvalue weighted by molar-refractivity contribution is 4.49. The van der Waals surface area contributed by atoms with Crippen LogP contribution >= 0.6 is 0 Å². The third-order valence-electron chi connectivity index (χ3n) is 6.52. The molecule has 0 N–H and O–H groups in total. The molecule has 0 saturated carbocycles. The van der Waals surface area contributed by atoms with Crippen LogP contribution in [0.3, 0.4) is 0 Å². The third kappa shape index (κ3) is 33.8. The quantitative estimate of drug-likeness (QED) is 0.0818. The Labute approximate surface area is 225 Å². The zero-order valence-corrected chi connectivity index (χ0v) is 24.5. The van der Waals surface area contributed by atoms with E-state index in [1.54, 1.807) is 0 Å². The van der Waals surface area contributed by atoms with E-state index < -0.39 is 0 Å². The molecule has 0 rings (SSSR count). The number of hydrogen-bond donors (Lipinski definition) is 0. The summed E-state index contributed by atoms with van der Waals surface area (Å²) in [5.74, 6) is 0. The fourth-order valence-electron chi connectivity index (χ4n) is 4.19. The lowest BCUT2D eigenvalue weighted by Crippen LogP contribution is -2.13. The summed E-state index contributed by atoms with van der Waals surface area (Å²) in [5, 5.41) is 0. The average molecular weight is 517 g/mol. The molecule has 36 heavy (non-hydrogen) atoms. The van der Waals surface area contributed by atoms with Crippen molar-refractivity contribution in [3.8, 4) is 0 Å². The van der Waals surface area contributed by atoms with E-state index in [-0.39, 0.29) is 0 Å². The van der Waals surface area contributed by atoms with Gasteiger partial charge in [-0.15, -0.1) is 0 Å². The Morgan fingerprint density at radius 1 is 0.222 bits per heavy atom. The molecule has 0 heterocycles. The lowest BCUT2D eigenvalue weighted by molar-refractivity contribution is -0.0114. The van der Waals surface area contributed by atoms with Crippen LogP contribution in [0.4, 0.5) is 0 Å². The second-order valence-corrected chi connectivity index (χ2v) is 10.1. The molecule has 0 aromatic carbocycles. The number of rotatable bonds is 33. The van der Waals surface area contributed by atoms with Gasteiger partial charge in [-0.25, -0.2) is 0 Å². The van der Waals surface area contributed by atoms with E-state index in [0.29, 0.717) is 52.9 Å². The molecule has 0 aliphatic carbocycles. The normalized spacial score (nSPS) is 11.5. The zero-order chi connectivity index (χ0) is 26.0. The first-order valence-electron chi connectivity index (χ1n) is 15.8. The topological polar surface area (TPSA) is 46.2 Å². The van der Waals surface area contributed by atoms with Crippen molar-refractivity contribution in [2.75, 3.05) is 66.1 Å². The summed E-state index contributed by atoms with van der Waals surface area (Å²) in [7, 11) is 0. The molecule has 0 aliphatic rings. The Balaban J connectivity index is 3.00. The molecule has 0 atom stereocenters. The summed E-state index contributed by atoms with van der Waals surface area (Å²) in [6.07, 6.45) is 25.8. The molecule has 5 heteroatoms. The van der Waals surface area contributed by atoms with E-state index in [9.17, 15) is 0 Å². The first-order valence-corrected chi connectivity index (χ1v) is 15.8. The van der Waals surface area contributed by atoms with Crippen molar-refractivity contribution in [1.82, 2.24) is 0 Å². The van der Waals surface area contributed by atoms with E-state index in [4.69, 9.17) is 23.7 Å². The summed E-state index contributed by atoms with van der Waals surface area (Å²) < 4.78 is 27.8. The van der Waals surface area contributed by atoms with E-state index in [0.717, 1.165) is 19.6 Å². The molecule has 0 aliphatic heterocycles. The molecular weight excluding hydrogens is 452 g/mol. The van der Waals surface area contributed by atoms with Crippen LogP contribution in [0, 0.1) is 0 Å². The maximum atomic E-state index is 5.67. The lowest BCUT2D eigenvalue weighted by Gasteiger charge is -2.08. The van der Waals surface area contributed by atoms with E-state index in [1.165, 1.54) is 116 Å². The van der Waals surface area contributed by atoms with Gasteiger partial charge < -0.3 is 23.7 Å². The highest BCUT2D eigenvalue weighted by Crippen LogP contribution is 2.13. The van der Waals surface area contributed by atoms with Gasteiger partial charge in [0.25, 0.3) is 0 Å². The van der Waals surface area contributed by atoms with Gasteiger partial charge in [-0.05, 0) is 12.8 Å².